The van der Waals surface area contributed by atoms with Gasteiger partial charge in [-0.1, -0.05) is 16.8 Å². The van der Waals surface area contributed by atoms with Crippen LogP contribution >= 0.6 is 11.6 Å². The number of hydrogen-bond donors (Lipinski definition) is 0. The van der Waals surface area contributed by atoms with Crippen LogP contribution < -0.4 is 4.90 Å². The highest BCUT2D eigenvalue weighted by Gasteiger charge is 2.21. The minimum atomic E-state index is 0.724. The SMILES string of the molecule is Cc1noc(C)c1CN1CCN(c2ccnc3cc(Cl)ccc23)CC1. The van der Waals surface area contributed by atoms with Crippen LogP contribution in [0.25, 0.3) is 10.9 Å². The van der Waals surface area contributed by atoms with E-state index < -0.39 is 0 Å². The van der Waals surface area contributed by atoms with Crippen LogP contribution in [0.2, 0.25) is 5.02 Å². The monoisotopic (exact) mass is 356 g/mol. The first kappa shape index (κ1) is 16.4. The van der Waals surface area contributed by atoms with Gasteiger partial charge in [0.1, 0.15) is 5.76 Å². The van der Waals surface area contributed by atoms with E-state index in [1.807, 2.05) is 32.2 Å². The minimum absolute atomic E-state index is 0.724. The molecule has 3 aromatic rings. The molecule has 1 aliphatic heterocycles. The lowest BCUT2D eigenvalue weighted by molar-refractivity contribution is 0.248. The average Bonchev–Trinajstić information content (AvgIpc) is 2.93. The van der Waals surface area contributed by atoms with Crippen LogP contribution in [0.5, 0.6) is 0 Å². The van der Waals surface area contributed by atoms with Crippen LogP contribution in [0.4, 0.5) is 5.69 Å². The Bertz CT molecular complexity index is 880. The molecule has 0 saturated carbocycles. The molecule has 0 bridgehead atoms. The van der Waals surface area contributed by atoms with Gasteiger partial charge in [-0.25, -0.2) is 0 Å². The van der Waals surface area contributed by atoms with E-state index in [0.717, 1.165) is 60.1 Å². The van der Waals surface area contributed by atoms with Crippen molar-refractivity contribution in [1.29, 1.82) is 0 Å². The number of piperazine rings is 1. The molecule has 5 nitrogen and oxygen atoms in total. The Morgan fingerprint density at radius 1 is 1.12 bits per heavy atom. The summed E-state index contributed by atoms with van der Waals surface area (Å²) in [6, 6.07) is 8.02. The van der Waals surface area contributed by atoms with E-state index in [-0.39, 0.29) is 0 Å². The normalized spacial score (nSPS) is 15.9. The van der Waals surface area contributed by atoms with Gasteiger partial charge in [-0.15, -0.1) is 0 Å². The number of hydrogen-bond acceptors (Lipinski definition) is 5. The fourth-order valence-corrected chi connectivity index (χ4v) is 3.65. The summed E-state index contributed by atoms with van der Waals surface area (Å²) in [6.07, 6.45) is 1.87. The second kappa shape index (κ2) is 6.65. The second-order valence-electron chi connectivity index (χ2n) is 6.56. The Hall–Kier alpha value is -2.11. The number of rotatable bonds is 3. The first-order valence-electron chi connectivity index (χ1n) is 8.55. The molecule has 0 atom stereocenters. The molecule has 4 rings (SSSR count). The number of aromatic nitrogens is 2. The molecule has 0 unspecified atom stereocenters. The highest BCUT2D eigenvalue weighted by Crippen LogP contribution is 2.28. The van der Waals surface area contributed by atoms with Crippen LogP contribution in [0.3, 0.4) is 0 Å². The van der Waals surface area contributed by atoms with Crippen LogP contribution in [0.1, 0.15) is 17.0 Å². The van der Waals surface area contributed by atoms with Crippen molar-refractivity contribution in [3.8, 4) is 0 Å². The zero-order valence-electron chi connectivity index (χ0n) is 14.5. The van der Waals surface area contributed by atoms with Gasteiger partial charge in [-0.3, -0.25) is 9.88 Å². The third-order valence-corrected chi connectivity index (χ3v) is 5.19. The van der Waals surface area contributed by atoms with Crippen LogP contribution in [-0.4, -0.2) is 41.2 Å². The lowest BCUT2D eigenvalue weighted by atomic mass is 10.1. The number of anilines is 1. The van der Waals surface area contributed by atoms with Gasteiger partial charge in [-0.2, -0.15) is 0 Å². The molecule has 2 aromatic heterocycles. The van der Waals surface area contributed by atoms with Gasteiger partial charge in [0.05, 0.1) is 11.2 Å². The summed E-state index contributed by atoms with van der Waals surface area (Å²) < 4.78 is 5.28. The molecule has 0 amide bonds. The molecule has 0 N–H and O–H groups in total. The summed E-state index contributed by atoms with van der Waals surface area (Å²) >= 11 is 6.10. The fourth-order valence-electron chi connectivity index (χ4n) is 3.48. The molecule has 6 heteroatoms. The van der Waals surface area contributed by atoms with Gasteiger partial charge in [0.2, 0.25) is 0 Å². The average molecular weight is 357 g/mol. The number of pyridine rings is 1. The Labute approximate surface area is 152 Å². The molecule has 25 heavy (non-hydrogen) atoms. The predicted octanol–water partition coefficient (Wildman–Crippen LogP) is 3.82. The summed E-state index contributed by atoms with van der Waals surface area (Å²) in [4.78, 5) is 9.34. The number of fused-ring (bicyclic) bond motifs is 1. The molecule has 130 valence electrons. The predicted molar refractivity (Wildman–Crippen MR) is 100 cm³/mol. The van der Waals surface area contributed by atoms with Crippen LogP contribution in [-0.2, 0) is 6.54 Å². The van der Waals surface area contributed by atoms with E-state index in [1.54, 1.807) is 0 Å². The second-order valence-corrected chi connectivity index (χ2v) is 6.99. The van der Waals surface area contributed by atoms with Crippen molar-refractivity contribution < 1.29 is 4.52 Å². The van der Waals surface area contributed by atoms with Crippen molar-refractivity contribution in [3.05, 3.63) is 52.5 Å². The van der Waals surface area contributed by atoms with Crippen LogP contribution in [0.15, 0.2) is 35.0 Å². The van der Waals surface area contributed by atoms with Crippen molar-refractivity contribution in [2.24, 2.45) is 0 Å². The molecule has 1 aromatic carbocycles. The molecule has 1 fully saturated rings. The van der Waals surface area contributed by atoms with E-state index in [2.05, 4.69) is 32.1 Å². The topological polar surface area (TPSA) is 45.4 Å². The van der Waals surface area contributed by atoms with E-state index in [1.165, 1.54) is 11.3 Å². The molecule has 1 saturated heterocycles. The third-order valence-electron chi connectivity index (χ3n) is 4.96. The maximum Gasteiger partial charge on any atom is 0.138 e. The Balaban J connectivity index is 1.49. The molecule has 0 aliphatic carbocycles. The first-order chi connectivity index (χ1) is 12.1. The molecular weight excluding hydrogens is 336 g/mol. The van der Waals surface area contributed by atoms with Gasteiger partial charge >= 0.3 is 0 Å². The van der Waals surface area contributed by atoms with E-state index in [4.69, 9.17) is 16.1 Å². The third kappa shape index (κ3) is 3.22. The molecule has 0 spiro atoms. The van der Waals surface area contributed by atoms with Gasteiger partial charge in [0.15, 0.2) is 0 Å². The smallest absolute Gasteiger partial charge is 0.138 e. The van der Waals surface area contributed by atoms with Crippen LogP contribution in [0, 0.1) is 13.8 Å². The Morgan fingerprint density at radius 3 is 2.64 bits per heavy atom. The Morgan fingerprint density at radius 2 is 1.92 bits per heavy atom. The van der Waals surface area contributed by atoms with Gasteiger partial charge in [0.25, 0.3) is 0 Å². The summed E-state index contributed by atoms with van der Waals surface area (Å²) in [5.41, 5.74) is 4.40. The lowest BCUT2D eigenvalue weighted by Gasteiger charge is -2.36. The fraction of sp³-hybridized carbons (Fsp3) is 0.368. The minimum Gasteiger partial charge on any atom is -0.368 e. The highest BCUT2D eigenvalue weighted by molar-refractivity contribution is 6.31. The number of halogens is 1. The van der Waals surface area contributed by atoms with Crippen molar-refractivity contribution in [2.75, 3.05) is 31.1 Å². The Kier molecular flexibility index (Phi) is 4.36. The molecule has 3 heterocycles. The van der Waals surface area contributed by atoms with E-state index >= 15 is 0 Å². The quantitative estimate of drug-likeness (QED) is 0.714. The number of nitrogens with zero attached hydrogens (tertiary/aromatic N) is 4. The lowest BCUT2D eigenvalue weighted by Crippen LogP contribution is -2.46. The summed E-state index contributed by atoms with van der Waals surface area (Å²) in [5.74, 6) is 0.928. The summed E-state index contributed by atoms with van der Waals surface area (Å²) in [6.45, 7) is 8.91. The van der Waals surface area contributed by atoms with Gasteiger partial charge in [0, 0.05) is 60.6 Å². The standard InChI is InChI=1S/C19H21ClN4O/c1-13-17(14(2)25-22-13)12-23-7-9-24(10-8-23)19-5-6-21-18-11-15(20)3-4-16(18)19/h3-6,11H,7-10,12H2,1-2H3. The van der Waals surface area contributed by atoms with Crippen molar-refractivity contribution in [3.63, 3.8) is 0 Å². The maximum atomic E-state index is 6.10. The largest absolute Gasteiger partial charge is 0.368 e. The first-order valence-corrected chi connectivity index (χ1v) is 8.93. The highest BCUT2D eigenvalue weighted by atomic mass is 35.5. The van der Waals surface area contributed by atoms with Gasteiger partial charge < -0.3 is 9.42 Å². The number of aryl methyl sites for hydroxylation is 2. The molecular formula is C19H21ClN4O. The summed E-state index contributed by atoms with van der Waals surface area (Å²) in [5, 5.41) is 5.94. The summed E-state index contributed by atoms with van der Waals surface area (Å²) in [7, 11) is 0. The maximum absolute atomic E-state index is 6.10. The van der Waals surface area contributed by atoms with E-state index in [9.17, 15) is 0 Å². The van der Waals surface area contributed by atoms with E-state index in [0.29, 0.717) is 0 Å². The zero-order valence-corrected chi connectivity index (χ0v) is 15.3. The zero-order chi connectivity index (χ0) is 17.4. The molecule has 0 radical (unpaired) electrons. The molecule has 1 aliphatic rings. The van der Waals surface area contributed by atoms with Crippen molar-refractivity contribution in [1.82, 2.24) is 15.0 Å². The van der Waals surface area contributed by atoms with Crippen molar-refractivity contribution >= 4 is 28.2 Å². The number of benzene rings is 1. The van der Waals surface area contributed by atoms with Gasteiger partial charge in [-0.05, 0) is 38.1 Å². The van der Waals surface area contributed by atoms with Crippen molar-refractivity contribution in [2.45, 2.75) is 20.4 Å².